The number of hydrogen-bond acceptors (Lipinski definition) is 3. The molecule has 24 heavy (non-hydrogen) atoms. The van der Waals surface area contributed by atoms with E-state index >= 15 is 0 Å². The van der Waals surface area contributed by atoms with Gasteiger partial charge in [0, 0.05) is 49.9 Å². The lowest BCUT2D eigenvalue weighted by molar-refractivity contribution is 0.276. The zero-order valence-electron chi connectivity index (χ0n) is 14.2. The molecule has 0 spiro atoms. The van der Waals surface area contributed by atoms with Crippen LogP contribution in [0, 0.1) is 6.92 Å². The highest BCUT2D eigenvalue weighted by Gasteiger charge is 2.19. The summed E-state index contributed by atoms with van der Waals surface area (Å²) < 4.78 is 1.66. The van der Waals surface area contributed by atoms with Crippen molar-refractivity contribution in [3.8, 4) is 0 Å². The predicted molar refractivity (Wildman–Crippen MR) is 95.2 cm³/mol. The largest absolute Gasteiger partial charge is 0.357 e. The quantitative estimate of drug-likeness (QED) is 0.787. The highest BCUT2D eigenvalue weighted by atomic mass is 16.1. The second-order valence-electron chi connectivity index (χ2n) is 6.61. The van der Waals surface area contributed by atoms with Gasteiger partial charge in [-0.3, -0.25) is 14.3 Å². The Hall–Kier alpha value is -2.40. The van der Waals surface area contributed by atoms with Crippen LogP contribution >= 0.6 is 0 Å². The maximum Gasteiger partial charge on any atom is 0.256 e. The summed E-state index contributed by atoms with van der Waals surface area (Å²) in [5.74, 6) is 0.794. The van der Waals surface area contributed by atoms with Gasteiger partial charge in [0.25, 0.3) is 5.56 Å². The molecule has 3 aromatic rings. The Morgan fingerprint density at radius 3 is 2.83 bits per heavy atom. The molecule has 0 fully saturated rings. The van der Waals surface area contributed by atoms with Crippen molar-refractivity contribution in [2.45, 2.75) is 26.3 Å². The zero-order valence-corrected chi connectivity index (χ0v) is 14.2. The molecule has 5 nitrogen and oxygen atoms in total. The van der Waals surface area contributed by atoms with Gasteiger partial charge in [0.05, 0.1) is 5.69 Å². The maximum atomic E-state index is 12.5. The molecule has 0 saturated carbocycles. The van der Waals surface area contributed by atoms with E-state index in [-0.39, 0.29) is 5.56 Å². The lowest BCUT2D eigenvalue weighted by Gasteiger charge is -2.18. The predicted octanol–water partition coefficient (Wildman–Crippen LogP) is 2.17. The first-order valence-corrected chi connectivity index (χ1v) is 8.46. The van der Waals surface area contributed by atoms with Crippen LogP contribution in [-0.2, 0) is 26.4 Å². The number of aromatic nitrogens is 3. The molecule has 1 aliphatic rings. The molecule has 1 N–H and O–H groups in total. The molecule has 0 saturated heterocycles. The van der Waals surface area contributed by atoms with Crippen LogP contribution < -0.4 is 5.56 Å². The third kappa shape index (κ3) is 2.65. The van der Waals surface area contributed by atoms with E-state index in [4.69, 9.17) is 0 Å². The molecule has 5 heteroatoms. The molecule has 4 rings (SSSR count). The van der Waals surface area contributed by atoms with E-state index in [0.717, 1.165) is 49.6 Å². The summed E-state index contributed by atoms with van der Waals surface area (Å²) in [6.07, 6.45) is 1.61. The second kappa shape index (κ2) is 5.91. The standard InChI is InChI=1S/C19H22N4O/c1-13-20-18-8-10-23(9-7-16(18)19(24)22(13)2)12-15-11-14-5-3-4-6-17(14)21-15/h3-6,11,21H,7-10,12H2,1-2H3. The van der Waals surface area contributed by atoms with Crippen LogP contribution in [0.25, 0.3) is 10.9 Å². The van der Waals surface area contributed by atoms with E-state index in [0.29, 0.717) is 0 Å². The molecule has 3 heterocycles. The molecule has 0 amide bonds. The monoisotopic (exact) mass is 322 g/mol. The number of aromatic amines is 1. The number of fused-ring (bicyclic) bond motifs is 2. The van der Waals surface area contributed by atoms with Crippen molar-refractivity contribution in [2.75, 3.05) is 13.1 Å². The summed E-state index contributed by atoms with van der Waals surface area (Å²) in [6, 6.07) is 10.6. The number of nitrogens with one attached hydrogen (secondary N) is 1. The number of nitrogens with zero attached hydrogens (tertiary/aromatic N) is 3. The van der Waals surface area contributed by atoms with E-state index in [2.05, 4.69) is 45.2 Å². The van der Waals surface area contributed by atoms with Gasteiger partial charge in [0.1, 0.15) is 5.82 Å². The molecular formula is C19H22N4O. The van der Waals surface area contributed by atoms with E-state index in [9.17, 15) is 4.79 Å². The topological polar surface area (TPSA) is 53.9 Å². The minimum atomic E-state index is 0.116. The molecule has 0 radical (unpaired) electrons. The van der Waals surface area contributed by atoms with Crippen molar-refractivity contribution in [3.05, 3.63) is 63.5 Å². The van der Waals surface area contributed by atoms with Crippen molar-refractivity contribution in [1.82, 2.24) is 19.4 Å². The number of aryl methyl sites for hydroxylation is 1. The second-order valence-corrected chi connectivity index (χ2v) is 6.61. The van der Waals surface area contributed by atoms with Gasteiger partial charge in [-0.1, -0.05) is 18.2 Å². The molecule has 0 aliphatic carbocycles. The first kappa shape index (κ1) is 15.1. The Bertz CT molecular complexity index is 921. The van der Waals surface area contributed by atoms with Crippen LogP contribution in [0.2, 0.25) is 0 Å². The van der Waals surface area contributed by atoms with Crippen LogP contribution in [0.3, 0.4) is 0 Å². The van der Waals surface area contributed by atoms with E-state index < -0.39 is 0 Å². The van der Waals surface area contributed by atoms with Crippen LogP contribution in [0.5, 0.6) is 0 Å². The third-order valence-corrected chi connectivity index (χ3v) is 5.02. The zero-order chi connectivity index (χ0) is 16.7. The minimum absolute atomic E-state index is 0.116. The van der Waals surface area contributed by atoms with Crippen LogP contribution in [-0.4, -0.2) is 32.5 Å². The first-order valence-electron chi connectivity index (χ1n) is 8.46. The van der Waals surface area contributed by atoms with Gasteiger partial charge in [0.2, 0.25) is 0 Å². The molecule has 2 aromatic heterocycles. The SMILES string of the molecule is Cc1nc2c(c(=O)n1C)CCN(Cc1cc3ccccc3[nH]1)CC2. The molecule has 124 valence electrons. The maximum absolute atomic E-state index is 12.5. The van der Waals surface area contributed by atoms with Gasteiger partial charge < -0.3 is 4.98 Å². The Balaban J connectivity index is 1.55. The van der Waals surface area contributed by atoms with Crippen molar-refractivity contribution >= 4 is 10.9 Å². The van der Waals surface area contributed by atoms with Crippen molar-refractivity contribution in [3.63, 3.8) is 0 Å². The fourth-order valence-electron chi connectivity index (χ4n) is 3.53. The van der Waals surface area contributed by atoms with Gasteiger partial charge in [-0.25, -0.2) is 4.98 Å². The van der Waals surface area contributed by atoms with Gasteiger partial charge in [-0.05, 0) is 30.9 Å². The average molecular weight is 322 g/mol. The van der Waals surface area contributed by atoms with Crippen molar-refractivity contribution in [2.24, 2.45) is 7.05 Å². The highest BCUT2D eigenvalue weighted by molar-refractivity contribution is 5.80. The Labute approximate surface area is 140 Å². The van der Waals surface area contributed by atoms with E-state index in [1.54, 1.807) is 11.6 Å². The molecule has 1 aliphatic heterocycles. The number of hydrogen-bond donors (Lipinski definition) is 1. The lowest BCUT2D eigenvalue weighted by atomic mass is 10.1. The normalized spacial score (nSPS) is 15.4. The molecule has 1 aromatic carbocycles. The summed E-state index contributed by atoms with van der Waals surface area (Å²) in [4.78, 5) is 23.0. The van der Waals surface area contributed by atoms with Gasteiger partial charge in [-0.15, -0.1) is 0 Å². The van der Waals surface area contributed by atoms with Crippen molar-refractivity contribution < 1.29 is 0 Å². The van der Waals surface area contributed by atoms with Gasteiger partial charge in [-0.2, -0.15) is 0 Å². The molecule has 0 bridgehead atoms. The number of rotatable bonds is 2. The van der Waals surface area contributed by atoms with E-state index in [1.165, 1.54) is 16.6 Å². The number of H-pyrrole nitrogens is 1. The fourth-order valence-corrected chi connectivity index (χ4v) is 3.53. The summed E-state index contributed by atoms with van der Waals surface area (Å²) in [5, 5.41) is 1.25. The smallest absolute Gasteiger partial charge is 0.256 e. The van der Waals surface area contributed by atoms with Crippen molar-refractivity contribution in [1.29, 1.82) is 0 Å². The summed E-state index contributed by atoms with van der Waals surface area (Å²) in [5.41, 5.74) is 4.39. The Kier molecular flexibility index (Phi) is 3.73. The van der Waals surface area contributed by atoms with E-state index in [1.807, 2.05) is 6.92 Å². The van der Waals surface area contributed by atoms with Crippen LogP contribution in [0.1, 0.15) is 22.8 Å². The molecule has 0 atom stereocenters. The number of benzene rings is 1. The Morgan fingerprint density at radius 1 is 1.21 bits per heavy atom. The van der Waals surface area contributed by atoms with Gasteiger partial charge in [0.15, 0.2) is 0 Å². The van der Waals surface area contributed by atoms with Crippen LogP contribution in [0.15, 0.2) is 35.1 Å². The summed E-state index contributed by atoms with van der Waals surface area (Å²) in [7, 11) is 1.80. The fraction of sp³-hybridized carbons (Fsp3) is 0.368. The third-order valence-electron chi connectivity index (χ3n) is 5.02. The summed E-state index contributed by atoms with van der Waals surface area (Å²) >= 11 is 0. The summed E-state index contributed by atoms with van der Waals surface area (Å²) in [6.45, 7) is 4.60. The molecular weight excluding hydrogens is 300 g/mol. The highest BCUT2D eigenvalue weighted by Crippen LogP contribution is 2.18. The minimum Gasteiger partial charge on any atom is -0.357 e. The average Bonchev–Trinajstić information content (AvgIpc) is 2.88. The first-order chi connectivity index (χ1) is 11.6. The Morgan fingerprint density at radius 2 is 2.00 bits per heavy atom. The van der Waals surface area contributed by atoms with Crippen LogP contribution in [0.4, 0.5) is 0 Å². The van der Waals surface area contributed by atoms with Gasteiger partial charge >= 0.3 is 0 Å². The molecule has 0 unspecified atom stereocenters. The number of para-hydroxylation sites is 1. The lowest BCUT2D eigenvalue weighted by Crippen LogP contribution is -2.28.